The zero-order valence-corrected chi connectivity index (χ0v) is 14.6. The quantitative estimate of drug-likeness (QED) is 0.159. The van der Waals surface area contributed by atoms with E-state index in [2.05, 4.69) is 6.07 Å². The summed E-state index contributed by atoms with van der Waals surface area (Å²) in [4.78, 5) is 22.4. The Bertz CT molecular complexity index is 1080. The molecule has 0 aliphatic carbocycles. The van der Waals surface area contributed by atoms with Crippen LogP contribution in [0.4, 0.5) is 5.69 Å². The van der Waals surface area contributed by atoms with Gasteiger partial charge in [-0.05, 0) is 35.4 Å². The van der Waals surface area contributed by atoms with Crippen molar-refractivity contribution < 1.29 is 14.5 Å². The van der Waals surface area contributed by atoms with Gasteiger partial charge in [-0.1, -0.05) is 48.5 Å². The molecule has 0 N–H and O–H groups in total. The fraction of sp³-hybridized carbons (Fsp3) is 0. The Morgan fingerprint density at radius 2 is 1.64 bits per heavy atom. The number of nitrogens with zero attached hydrogens (tertiary/aromatic N) is 2. The predicted octanol–water partition coefficient (Wildman–Crippen LogP) is 4.88. The Morgan fingerprint density at radius 3 is 2.29 bits per heavy atom. The lowest BCUT2D eigenvalue weighted by Crippen LogP contribution is -2.08. The fourth-order valence-corrected chi connectivity index (χ4v) is 2.51. The van der Waals surface area contributed by atoms with Crippen molar-refractivity contribution in [3.8, 4) is 11.8 Å². The van der Waals surface area contributed by atoms with Crippen LogP contribution in [0.15, 0.2) is 78.9 Å². The second-order valence-electron chi connectivity index (χ2n) is 5.80. The minimum absolute atomic E-state index is 0.0917. The number of nitro benzene ring substituents is 1. The average molecular weight is 370 g/mol. The summed E-state index contributed by atoms with van der Waals surface area (Å²) in [5, 5.41) is 20.2. The van der Waals surface area contributed by atoms with Crippen LogP contribution in [-0.4, -0.2) is 10.9 Å². The Morgan fingerprint density at radius 1 is 0.964 bits per heavy atom. The highest BCUT2D eigenvalue weighted by Gasteiger charge is 2.13. The number of carbonyl (C=O) groups excluding carboxylic acids is 1. The smallest absolute Gasteiger partial charge is 0.343 e. The molecule has 6 nitrogen and oxygen atoms in total. The van der Waals surface area contributed by atoms with Crippen LogP contribution in [-0.2, 0) is 0 Å². The van der Waals surface area contributed by atoms with Crippen LogP contribution in [0.2, 0.25) is 0 Å². The largest absolute Gasteiger partial charge is 0.423 e. The second-order valence-corrected chi connectivity index (χ2v) is 5.80. The number of allylic oxidation sites excluding steroid dienone is 1. The number of ether oxygens (including phenoxy) is 1. The predicted molar refractivity (Wildman–Crippen MR) is 104 cm³/mol. The first-order valence-electron chi connectivity index (χ1n) is 8.31. The third-order valence-corrected chi connectivity index (χ3v) is 3.90. The molecule has 0 fully saturated rings. The molecule has 3 rings (SSSR count). The zero-order valence-electron chi connectivity index (χ0n) is 14.6. The molecule has 6 heteroatoms. The highest BCUT2D eigenvalue weighted by Crippen LogP contribution is 2.21. The van der Waals surface area contributed by atoms with Gasteiger partial charge in [-0.15, -0.1) is 0 Å². The number of nitro groups is 1. The summed E-state index contributed by atoms with van der Waals surface area (Å²) in [6, 6.07) is 23.4. The molecule has 0 aliphatic rings. The van der Waals surface area contributed by atoms with E-state index in [9.17, 15) is 20.2 Å². The fourth-order valence-electron chi connectivity index (χ4n) is 2.51. The molecule has 0 bridgehead atoms. The lowest BCUT2D eigenvalue weighted by atomic mass is 10.0. The van der Waals surface area contributed by atoms with E-state index in [-0.39, 0.29) is 11.3 Å². The minimum atomic E-state index is -0.686. The maximum absolute atomic E-state index is 12.2. The first-order chi connectivity index (χ1) is 13.6. The molecule has 0 unspecified atom stereocenters. The van der Waals surface area contributed by atoms with Gasteiger partial charge >= 0.3 is 5.97 Å². The van der Waals surface area contributed by atoms with Gasteiger partial charge in [0.15, 0.2) is 0 Å². The van der Waals surface area contributed by atoms with E-state index in [0.29, 0.717) is 11.3 Å². The van der Waals surface area contributed by atoms with Gasteiger partial charge in [-0.25, -0.2) is 4.79 Å². The molecule has 0 aliphatic heterocycles. The monoisotopic (exact) mass is 370 g/mol. The second kappa shape index (κ2) is 8.43. The van der Waals surface area contributed by atoms with Gasteiger partial charge < -0.3 is 4.74 Å². The number of benzene rings is 3. The summed E-state index contributed by atoms with van der Waals surface area (Å²) < 4.78 is 5.26. The van der Waals surface area contributed by atoms with Gasteiger partial charge in [0.25, 0.3) is 5.69 Å². The van der Waals surface area contributed by atoms with Crippen molar-refractivity contribution in [3.05, 3.63) is 106 Å². The molecule has 28 heavy (non-hydrogen) atoms. The minimum Gasteiger partial charge on any atom is -0.423 e. The van der Waals surface area contributed by atoms with Crippen LogP contribution in [0.3, 0.4) is 0 Å². The molecule has 0 radical (unpaired) electrons. The molecular weight excluding hydrogens is 356 g/mol. The Labute approximate surface area is 161 Å². The maximum Gasteiger partial charge on any atom is 0.343 e. The standard InChI is InChI=1S/C22H14N2O4/c23-15-19(17-5-2-1-3-6-17)13-16-9-11-21(12-10-16)28-22(25)18-7-4-8-20(14-18)24(26)27/h1-14H/b19-13-. The maximum atomic E-state index is 12.2. The highest BCUT2D eigenvalue weighted by atomic mass is 16.6. The van der Waals surface area contributed by atoms with Crippen LogP contribution < -0.4 is 4.74 Å². The van der Waals surface area contributed by atoms with Gasteiger partial charge in [-0.2, -0.15) is 5.26 Å². The number of esters is 1. The molecule has 0 saturated heterocycles. The highest BCUT2D eigenvalue weighted by molar-refractivity contribution is 5.92. The number of non-ortho nitro benzene ring substituents is 1. The van der Waals surface area contributed by atoms with Crippen LogP contribution in [0.25, 0.3) is 11.6 Å². The molecule has 0 aromatic heterocycles. The van der Waals surface area contributed by atoms with Crippen molar-refractivity contribution in [2.24, 2.45) is 0 Å². The first-order valence-corrected chi connectivity index (χ1v) is 8.31. The summed E-state index contributed by atoms with van der Waals surface area (Å²) in [7, 11) is 0. The molecule has 0 saturated carbocycles. The third-order valence-electron chi connectivity index (χ3n) is 3.90. The summed E-state index contributed by atoms with van der Waals surface area (Å²) in [5.74, 6) is -0.388. The lowest BCUT2D eigenvalue weighted by Gasteiger charge is -2.05. The third kappa shape index (κ3) is 4.48. The Kier molecular flexibility index (Phi) is 5.58. The van der Waals surface area contributed by atoms with Crippen LogP contribution in [0.1, 0.15) is 21.5 Å². The van der Waals surface area contributed by atoms with Gasteiger partial charge in [0, 0.05) is 12.1 Å². The van der Waals surface area contributed by atoms with E-state index in [1.54, 1.807) is 30.3 Å². The van der Waals surface area contributed by atoms with Crippen LogP contribution in [0, 0.1) is 21.4 Å². The zero-order chi connectivity index (χ0) is 19.9. The topological polar surface area (TPSA) is 93.2 Å². The Balaban J connectivity index is 1.75. The van der Waals surface area contributed by atoms with Crippen molar-refractivity contribution >= 4 is 23.3 Å². The molecule has 0 spiro atoms. The van der Waals surface area contributed by atoms with Gasteiger partial charge in [0.05, 0.1) is 22.1 Å². The van der Waals surface area contributed by atoms with Crippen molar-refractivity contribution in [1.82, 2.24) is 0 Å². The van der Waals surface area contributed by atoms with Crippen molar-refractivity contribution in [1.29, 1.82) is 5.26 Å². The molecule has 0 atom stereocenters. The molecule has 136 valence electrons. The summed E-state index contributed by atoms with van der Waals surface area (Å²) in [6.07, 6.45) is 1.74. The number of carbonyl (C=O) groups is 1. The SMILES string of the molecule is N#C/C(=C/c1ccc(OC(=O)c2cccc([N+](=O)[O-])c2)cc1)c1ccccc1. The Hall–Kier alpha value is -4.24. The van der Waals surface area contributed by atoms with E-state index < -0.39 is 10.9 Å². The van der Waals surface area contributed by atoms with E-state index >= 15 is 0 Å². The van der Waals surface area contributed by atoms with E-state index in [4.69, 9.17) is 4.74 Å². The van der Waals surface area contributed by atoms with Gasteiger partial charge in [0.2, 0.25) is 0 Å². The number of hydrogen-bond acceptors (Lipinski definition) is 5. The van der Waals surface area contributed by atoms with E-state index in [1.807, 2.05) is 30.3 Å². The molecule has 3 aromatic carbocycles. The van der Waals surface area contributed by atoms with Gasteiger partial charge in [0.1, 0.15) is 5.75 Å². The van der Waals surface area contributed by atoms with E-state index in [1.165, 1.54) is 24.3 Å². The van der Waals surface area contributed by atoms with E-state index in [0.717, 1.165) is 11.1 Å². The summed E-state index contributed by atoms with van der Waals surface area (Å²) in [6.45, 7) is 0. The molecule has 0 heterocycles. The number of rotatable bonds is 5. The molecule has 0 amide bonds. The van der Waals surface area contributed by atoms with Crippen molar-refractivity contribution in [3.63, 3.8) is 0 Å². The number of hydrogen-bond donors (Lipinski definition) is 0. The first kappa shape index (κ1) is 18.5. The van der Waals surface area contributed by atoms with Crippen molar-refractivity contribution in [2.75, 3.05) is 0 Å². The average Bonchev–Trinajstić information content (AvgIpc) is 2.74. The van der Waals surface area contributed by atoms with Gasteiger partial charge in [-0.3, -0.25) is 10.1 Å². The van der Waals surface area contributed by atoms with Crippen LogP contribution >= 0.6 is 0 Å². The molecular formula is C22H14N2O4. The summed E-state index contributed by atoms with van der Waals surface area (Å²) >= 11 is 0. The summed E-state index contributed by atoms with van der Waals surface area (Å²) in [5.41, 5.74) is 2.01. The normalized spacial score (nSPS) is 10.8. The lowest BCUT2D eigenvalue weighted by molar-refractivity contribution is -0.384. The number of nitriles is 1. The molecule has 3 aromatic rings. The van der Waals surface area contributed by atoms with Crippen molar-refractivity contribution in [2.45, 2.75) is 0 Å². The van der Waals surface area contributed by atoms with Crippen LogP contribution in [0.5, 0.6) is 5.75 Å².